The number of nitrogens with zero attached hydrogens (tertiary/aromatic N) is 1. The Hall–Kier alpha value is -0.930. The Labute approximate surface area is 108 Å². The van der Waals surface area contributed by atoms with Crippen LogP contribution in [-0.2, 0) is 0 Å². The molecule has 0 N–H and O–H groups in total. The predicted octanol–water partition coefficient (Wildman–Crippen LogP) is 4.88. The highest BCUT2D eigenvalue weighted by molar-refractivity contribution is 9.11. The zero-order valence-electron chi connectivity index (χ0n) is 9.20. The summed E-state index contributed by atoms with van der Waals surface area (Å²) in [6, 6.07) is 10.4. The fourth-order valence-corrected chi connectivity index (χ4v) is 2.78. The molecule has 0 fully saturated rings. The van der Waals surface area contributed by atoms with Crippen LogP contribution in [0.3, 0.4) is 0 Å². The number of hydrogen-bond acceptors (Lipinski definition) is 2. The third-order valence-corrected chi connectivity index (χ3v) is 3.84. The number of thiophene rings is 1. The lowest BCUT2D eigenvalue weighted by molar-refractivity contribution is 1.35. The lowest BCUT2D eigenvalue weighted by Gasteiger charge is -2.00. The molecule has 2 aromatic rings. The van der Waals surface area contributed by atoms with Gasteiger partial charge in [0, 0.05) is 11.1 Å². The molecular formula is C13H12BrNS. The van der Waals surface area contributed by atoms with E-state index < -0.39 is 0 Å². The highest BCUT2D eigenvalue weighted by atomic mass is 79.9. The number of hydrogen-bond donors (Lipinski definition) is 0. The van der Waals surface area contributed by atoms with E-state index in [4.69, 9.17) is 0 Å². The van der Waals surface area contributed by atoms with E-state index in [1.165, 1.54) is 11.1 Å². The Balaban J connectivity index is 2.23. The van der Waals surface area contributed by atoms with Gasteiger partial charge in [-0.1, -0.05) is 17.7 Å². The third kappa shape index (κ3) is 2.80. The molecule has 0 radical (unpaired) electrons. The summed E-state index contributed by atoms with van der Waals surface area (Å²) < 4.78 is 1.13. The Morgan fingerprint density at radius 3 is 2.62 bits per heavy atom. The van der Waals surface area contributed by atoms with Crippen molar-refractivity contribution < 1.29 is 0 Å². The number of aliphatic imine (C=N–C) groups is 1. The molecule has 0 aliphatic rings. The molecular weight excluding hydrogens is 282 g/mol. The summed E-state index contributed by atoms with van der Waals surface area (Å²) in [7, 11) is 0. The van der Waals surface area contributed by atoms with E-state index >= 15 is 0 Å². The summed E-state index contributed by atoms with van der Waals surface area (Å²) in [6.45, 7) is 4.18. The molecule has 16 heavy (non-hydrogen) atoms. The van der Waals surface area contributed by atoms with Gasteiger partial charge in [0.25, 0.3) is 0 Å². The van der Waals surface area contributed by atoms with Crippen LogP contribution in [0.25, 0.3) is 0 Å². The summed E-state index contributed by atoms with van der Waals surface area (Å²) in [6.07, 6.45) is 1.91. The molecule has 1 aromatic carbocycles. The van der Waals surface area contributed by atoms with Crippen LogP contribution in [0, 0.1) is 13.8 Å². The minimum absolute atomic E-state index is 1.04. The van der Waals surface area contributed by atoms with E-state index in [-0.39, 0.29) is 0 Å². The Bertz CT molecular complexity index is 528. The molecule has 0 aliphatic carbocycles. The van der Waals surface area contributed by atoms with Crippen LogP contribution in [-0.4, -0.2) is 6.21 Å². The van der Waals surface area contributed by atoms with Crippen molar-refractivity contribution in [1.29, 1.82) is 0 Å². The number of aryl methyl sites for hydroxylation is 2. The second-order valence-corrected chi connectivity index (χ2v) is 6.18. The zero-order chi connectivity index (χ0) is 11.5. The van der Waals surface area contributed by atoms with Gasteiger partial charge in [0.1, 0.15) is 0 Å². The maximum atomic E-state index is 4.50. The molecule has 0 saturated carbocycles. The maximum Gasteiger partial charge on any atom is 0.0705 e. The summed E-state index contributed by atoms with van der Waals surface area (Å²) >= 11 is 5.12. The normalized spacial score (nSPS) is 11.2. The van der Waals surface area contributed by atoms with Crippen molar-refractivity contribution in [2.24, 2.45) is 4.99 Å². The van der Waals surface area contributed by atoms with Crippen molar-refractivity contribution in [3.05, 3.63) is 50.1 Å². The number of benzene rings is 1. The molecule has 0 unspecified atom stereocenters. The topological polar surface area (TPSA) is 12.4 Å². The van der Waals surface area contributed by atoms with Crippen LogP contribution >= 0.6 is 27.3 Å². The molecule has 82 valence electrons. The van der Waals surface area contributed by atoms with E-state index in [0.29, 0.717) is 0 Å². The molecule has 1 aromatic heterocycles. The van der Waals surface area contributed by atoms with E-state index in [1.54, 1.807) is 11.3 Å². The van der Waals surface area contributed by atoms with Gasteiger partial charge in [-0.25, -0.2) is 0 Å². The average molecular weight is 294 g/mol. The van der Waals surface area contributed by atoms with Crippen molar-refractivity contribution in [3.8, 4) is 0 Å². The van der Waals surface area contributed by atoms with Gasteiger partial charge < -0.3 is 0 Å². The molecule has 0 bridgehead atoms. The van der Waals surface area contributed by atoms with E-state index in [9.17, 15) is 0 Å². The highest BCUT2D eigenvalue weighted by Gasteiger charge is 1.97. The molecule has 0 saturated heterocycles. The molecule has 0 atom stereocenters. The smallest absolute Gasteiger partial charge is 0.0705 e. The summed E-state index contributed by atoms with van der Waals surface area (Å²) in [4.78, 5) is 5.65. The van der Waals surface area contributed by atoms with Gasteiger partial charge in [-0.05, 0) is 53.5 Å². The fraction of sp³-hybridized carbons (Fsp3) is 0.154. The summed E-state index contributed by atoms with van der Waals surface area (Å²) in [5.74, 6) is 0. The second kappa shape index (κ2) is 4.93. The van der Waals surface area contributed by atoms with Gasteiger partial charge in [0.2, 0.25) is 0 Å². The first-order valence-electron chi connectivity index (χ1n) is 5.02. The van der Waals surface area contributed by atoms with Gasteiger partial charge in [0.05, 0.1) is 9.47 Å². The molecule has 1 nitrogen and oxygen atoms in total. The Morgan fingerprint density at radius 2 is 2.00 bits per heavy atom. The quantitative estimate of drug-likeness (QED) is 0.700. The molecule has 0 aliphatic heterocycles. The van der Waals surface area contributed by atoms with Crippen LogP contribution in [0.4, 0.5) is 5.69 Å². The van der Waals surface area contributed by atoms with Crippen LogP contribution in [0.1, 0.15) is 16.0 Å². The first-order chi connectivity index (χ1) is 7.65. The SMILES string of the molecule is Cc1ccc(N=Cc2ccc(Br)s2)c(C)c1. The predicted molar refractivity (Wildman–Crippen MR) is 75.2 cm³/mol. The van der Waals surface area contributed by atoms with Crippen LogP contribution in [0.15, 0.2) is 39.1 Å². The standard InChI is InChI=1S/C13H12BrNS/c1-9-3-5-12(10(2)7-9)15-8-11-4-6-13(14)16-11/h3-8H,1-2H3. The summed E-state index contributed by atoms with van der Waals surface area (Å²) in [5, 5.41) is 0. The maximum absolute atomic E-state index is 4.50. The monoisotopic (exact) mass is 293 g/mol. The molecule has 1 heterocycles. The van der Waals surface area contributed by atoms with Crippen molar-refractivity contribution in [3.63, 3.8) is 0 Å². The Morgan fingerprint density at radius 1 is 1.19 bits per heavy atom. The van der Waals surface area contributed by atoms with Gasteiger partial charge in [-0.15, -0.1) is 11.3 Å². The van der Waals surface area contributed by atoms with Crippen molar-refractivity contribution in [2.75, 3.05) is 0 Å². The minimum atomic E-state index is 1.04. The first-order valence-corrected chi connectivity index (χ1v) is 6.63. The Kier molecular flexibility index (Phi) is 3.56. The van der Waals surface area contributed by atoms with Gasteiger partial charge in [-0.3, -0.25) is 4.99 Å². The third-order valence-electron chi connectivity index (χ3n) is 2.28. The first kappa shape index (κ1) is 11.6. The van der Waals surface area contributed by atoms with Crippen molar-refractivity contribution in [1.82, 2.24) is 0 Å². The number of halogens is 1. The van der Waals surface area contributed by atoms with Crippen molar-refractivity contribution in [2.45, 2.75) is 13.8 Å². The van der Waals surface area contributed by atoms with Crippen LogP contribution < -0.4 is 0 Å². The summed E-state index contributed by atoms with van der Waals surface area (Å²) in [5.41, 5.74) is 3.53. The number of rotatable bonds is 2. The fourth-order valence-electron chi connectivity index (χ4n) is 1.48. The van der Waals surface area contributed by atoms with Gasteiger partial charge >= 0.3 is 0 Å². The van der Waals surface area contributed by atoms with Crippen LogP contribution in [0.5, 0.6) is 0 Å². The molecule has 0 amide bonds. The lowest BCUT2D eigenvalue weighted by Crippen LogP contribution is -1.78. The minimum Gasteiger partial charge on any atom is -0.255 e. The largest absolute Gasteiger partial charge is 0.255 e. The van der Waals surface area contributed by atoms with Gasteiger partial charge in [0.15, 0.2) is 0 Å². The van der Waals surface area contributed by atoms with Crippen molar-refractivity contribution >= 4 is 39.2 Å². The highest BCUT2D eigenvalue weighted by Crippen LogP contribution is 2.23. The lowest BCUT2D eigenvalue weighted by atomic mass is 10.1. The second-order valence-electron chi connectivity index (χ2n) is 3.69. The van der Waals surface area contributed by atoms with E-state index in [0.717, 1.165) is 14.4 Å². The average Bonchev–Trinajstić information content (AvgIpc) is 2.63. The van der Waals surface area contributed by atoms with E-state index in [1.807, 2.05) is 12.3 Å². The molecule has 0 spiro atoms. The molecule has 3 heteroatoms. The van der Waals surface area contributed by atoms with Crippen LogP contribution in [0.2, 0.25) is 0 Å². The van der Waals surface area contributed by atoms with E-state index in [2.05, 4.69) is 59.0 Å². The van der Waals surface area contributed by atoms with Gasteiger partial charge in [-0.2, -0.15) is 0 Å². The molecule has 2 rings (SSSR count). The zero-order valence-corrected chi connectivity index (χ0v) is 11.6.